The van der Waals surface area contributed by atoms with Crippen LogP contribution in [0.5, 0.6) is 5.75 Å². The first-order valence-corrected chi connectivity index (χ1v) is 8.16. The monoisotopic (exact) mass is 362 g/mol. The summed E-state index contributed by atoms with van der Waals surface area (Å²) in [4.78, 5) is 0. The van der Waals surface area contributed by atoms with Crippen molar-refractivity contribution in [2.75, 3.05) is 0 Å². The molecule has 2 N–H and O–H groups in total. The molecule has 0 unspecified atom stereocenters. The molecule has 0 radical (unpaired) electrons. The Morgan fingerprint density at radius 3 is 1.82 bits per heavy atom. The minimum atomic E-state index is -0.141. The SMILES string of the molecule is CC(C)(C)c1cc(-c2n[nH]c(=S)s2)cc(C(C)(C)C)c1O.[Ca+2]. The molecule has 0 aliphatic rings. The predicted octanol–water partition coefficient (Wildman–Crippen LogP) is 4.79. The van der Waals surface area contributed by atoms with Crippen LogP contribution in [0.15, 0.2) is 12.1 Å². The molecular formula is C16H22CaN2OS2+2. The van der Waals surface area contributed by atoms with Gasteiger partial charge in [-0.25, -0.2) is 0 Å². The van der Waals surface area contributed by atoms with Gasteiger partial charge in [0.15, 0.2) is 3.95 Å². The summed E-state index contributed by atoms with van der Waals surface area (Å²) in [5.41, 5.74) is 2.59. The van der Waals surface area contributed by atoms with Crippen LogP contribution in [0.3, 0.4) is 0 Å². The molecule has 0 atom stereocenters. The molecule has 0 saturated carbocycles. The van der Waals surface area contributed by atoms with Gasteiger partial charge in [-0.3, -0.25) is 5.10 Å². The Hall–Kier alpha value is 0.0597. The number of rotatable bonds is 1. The van der Waals surface area contributed by atoms with E-state index in [1.807, 2.05) is 12.1 Å². The van der Waals surface area contributed by atoms with Crippen LogP contribution in [0.1, 0.15) is 52.7 Å². The molecule has 0 fully saturated rings. The van der Waals surface area contributed by atoms with E-state index in [1.54, 1.807) is 0 Å². The first-order chi connectivity index (χ1) is 9.50. The van der Waals surface area contributed by atoms with E-state index in [4.69, 9.17) is 12.2 Å². The van der Waals surface area contributed by atoms with Gasteiger partial charge >= 0.3 is 37.7 Å². The molecule has 0 amide bonds. The Bertz CT molecular complexity index is 686. The van der Waals surface area contributed by atoms with Crippen LogP contribution in [0, 0.1) is 3.95 Å². The van der Waals surface area contributed by atoms with Crippen molar-refractivity contribution >= 4 is 61.3 Å². The van der Waals surface area contributed by atoms with Crippen molar-refractivity contribution in [1.29, 1.82) is 0 Å². The van der Waals surface area contributed by atoms with Crippen LogP contribution >= 0.6 is 23.6 Å². The molecule has 1 aromatic heterocycles. The fraction of sp³-hybridized carbons (Fsp3) is 0.500. The fourth-order valence-corrected chi connectivity index (χ4v) is 3.13. The van der Waals surface area contributed by atoms with E-state index in [0.717, 1.165) is 21.7 Å². The van der Waals surface area contributed by atoms with Gasteiger partial charge in [0.1, 0.15) is 10.8 Å². The van der Waals surface area contributed by atoms with E-state index in [1.165, 1.54) is 11.3 Å². The molecule has 0 aliphatic heterocycles. The van der Waals surface area contributed by atoms with E-state index in [-0.39, 0.29) is 48.6 Å². The summed E-state index contributed by atoms with van der Waals surface area (Å²) in [6.07, 6.45) is 0. The maximum atomic E-state index is 10.7. The molecule has 0 aliphatic carbocycles. The molecule has 114 valence electrons. The second-order valence-electron chi connectivity index (χ2n) is 7.34. The van der Waals surface area contributed by atoms with Crippen molar-refractivity contribution in [2.45, 2.75) is 52.4 Å². The van der Waals surface area contributed by atoms with E-state index < -0.39 is 0 Å². The van der Waals surface area contributed by atoms with Gasteiger partial charge in [-0.05, 0) is 35.2 Å². The molecular weight excluding hydrogens is 340 g/mol. The topological polar surface area (TPSA) is 48.9 Å². The molecule has 0 saturated heterocycles. The van der Waals surface area contributed by atoms with E-state index in [0.29, 0.717) is 9.70 Å². The Labute approximate surface area is 171 Å². The predicted molar refractivity (Wildman–Crippen MR) is 97.6 cm³/mol. The Kier molecular flexibility index (Phi) is 6.30. The van der Waals surface area contributed by atoms with Gasteiger partial charge in [0.25, 0.3) is 0 Å². The van der Waals surface area contributed by atoms with Crippen LogP contribution in [0.4, 0.5) is 0 Å². The number of phenolic OH excluding ortho intramolecular Hbond substituents is 1. The van der Waals surface area contributed by atoms with Crippen molar-refractivity contribution in [3.63, 3.8) is 0 Å². The van der Waals surface area contributed by atoms with Crippen LogP contribution in [-0.2, 0) is 10.8 Å². The third-order valence-corrected chi connectivity index (χ3v) is 4.55. The molecule has 3 nitrogen and oxygen atoms in total. The minimum absolute atomic E-state index is 0. The van der Waals surface area contributed by atoms with Crippen LogP contribution in [0.2, 0.25) is 0 Å². The fourth-order valence-electron chi connectivity index (χ4n) is 2.25. The summed E-state index contributed by atoms with van der Waals surface area (Å²) in [7, 11) is 0. The van der Waals surface area contributed by atoms with E-state index in [9.17, 15) is 5.11 Å². The summed E-state index contributed by atoms with van der Waals surface area (Å²) in [6, 6.07) is 4.04. The van der Waals surface area contributed by atoms with Crippen molar-refractivity contribution in [1.82, 2.24) is 10.2 Å². The maximum Gasteiger partial charge on any atom is 2.00 e. The number of aromatic amines is 1. The van der Waals surface area contributed by atoms with E-state index >= 15 is 0 Å². The summed E-state index contributed by atoms with van der Waals surface area (Å²) in [5.74, 6) is 0.387. The third-order valence-electron chi connectivity index (χ3n) is 3.41. The summed E-state index contributed by atoms with van der Waals surface area (Å²) in [6.45, 7) is 12.6. The number of aromatic hydroxyl groups is 1. The zero-order valence-electron chi connectivity index (χ0n) is 14.1. The number of hydrogen-bond donors (Lipinski definition) is 2. The molecule has 2 rings (SSSR count). The number of nitrogens with one attached hydrogen (secondary N) is 1. The van der Waals surface area contributed by atoms with Gasteiger partial charge < -0.3 is 5.11 Å². The average Bonchev–Trinajstić information content (AvgIpc) is 2.73. The molecule has 0 spiro atoms. The molecule has 1 aromatic carbocycles. The van der Waals surface area contributed by atoms with Gasteiger partial charge in [-0.2, -0.15) is 5.10 Å². The van der Waals surface area contributed by atoms with Crippen molar-refractivity contribution < 1.29 is 5.11 Å². The second kappa shape index (κ2) is 6.89. The van der Waals surface area contributed by atoms with Gasteiger partial charge in [0.05, 0.1) is 0 Å². The largest absolute Gasteiger partial charge is 2.00 e. The van der Waals surface area contributed by atoms with Gasteiger partial charge in [-0.15, -0.1) is 0 Å². The quantitative estimate of drug-likeness (QED) is 0.566. The van der Waals surface area contributed by atoms with Crippen molar-refractivity contribution in [3.8, 4) is 16.3 Å². The molecule has 1 heterocycles. The Balaban J connectivity index is 0.00000242. The van der Waals surface area contributed by atoms with Crippen LogP contribution < -0.4 is 0 Å². The third kappa shape index (κ3) is 4.32. The summed E-state index contributed by atoms with van der Waals surface area (Å²) in [5, 5.41) is 18.6. The Morgan fingerprint density at radius 1 is 1.05 bits per heavy atom. The van der Waals surface area contributed by atoms with E-state index in [2.05, 4.69) is 51.7 Å². The number of nitrogens with zero attached hydrogens (tertiary/aromatic N) is 1. The van der Waals surface area contributed by atoms with Gasteiger partial charge in [0, 0.05) is 16.7 Å². The Morgan fingerprint density at radius 2 is 1.50 bits per heavy atom. The number of benzene rings is 1. The number of phenols is 1. The van der Waals surface area contributed by atoms with Crippen LogP contribution in [0.25, 0.3) is 10.6 Å². The number of H-pyrrole nitrogens is 1. The van der Waals surface area contributed by atoms with Crippen molar-refractivity contribution in [3.05, 3.63) is 27.2 Å². The standard InChI is InChI=1S/C16H22N2OS2.Ca/c1-15(2,3)10-7-9(13-17-18-14(20)21-13)8-11(12(10)19)16(4,5)6;/h7-8,19H,1-6H3,(H,18,20);/q;+2. The van der Waals surface area contributed by atoms with Crippen LogP contribution in [-0.4, -0.2) is 53.0 Å². The van der Waals surface area contributed by atoms with Gasteiger partial charge in [-0.1, -0.05) is 52.9 Å². The first kappa shape index (κ1) is 20.1. The molecule has 2 aromatic rings. The molecule has 22 heavy (non-hydrogen) atoms. The molecule has 6 heteroatoms. The zero-order valence-corrected chi connectivity index (χ0v) is 17.9. The maximum absolute atomic E-state index is 10.7. The average molecular weight is 363 g/mol. The van der Waals surface area contributed by atoms with Crippen molar-refractivity contribution in [2.24, 2.45) is 0 Å². The smallest absolute Gasteiger partial charge is 0.507 e. The van der Waals surface area contributed by atoms with Gasteiger partial charge in [0.2, 0.25) is 0 Å². The molecule has 0 bridgehead atoms. The second-order valence-corrected chi connectivity index (χ2v) is 9.00. The normalized spacial score (nSPS) is 12.1. The first-order valence-electron chi connectivity index (χ1n) is 6.94. The minimum Gasteiger partial charge on any atom is -0.507 e. The zero-order chi connectivity index (χ0) is 16.0. The number of hydrogen-bond acceptors (Lipinski definition) is 4. The summed E-state index contributed by atoms with van der Waals surface area (Å²) >= 11 is 6.57. The summed E-state index contributed by atoms with van der Waals surface area (Å²) < 4.78 is 0.660. The number of aromatic nitrogens is 2.